The zero-order valence-corrected chi connectivity index (χ0v) is 18.0. The molecule has 0 aromatic heterocycles. The molecule has 10 heteroatoms. The number of anilines is 1. The molecule has 8 nitrogen and oxygen atoms in total. The van der Waals surface area contributed by atoms with Crippen LogP contribution in [0, 0.1) is 0 Å². The highest BCUT2D eigenvalue weighted by molar-refractivity contribution is 8.00. The number of thioether (sulfide) groups is 1. The van der Waals surface area contributed by atoms with Gasteiger partial charge in [-0.15, -0.1) is 11.8 Å². The number of carbonyl (C=O) groups excluding carboxylic acids is 2. The van der Waals surface area contributed by atoms with E-state index in [-0.39, 0.29) is 28.2 Å². The van der Waals surface area contributed by atoms with Gasteiger partial charge in [-0.05, 0) is 39.0 Å². The second-order valence-electron chi connectivity index (χ2n) is 7.42. The standard InChI is InChI=1S/C18H27N3O5S2/c1-18(2,3)20-28(24,25)15-6-4-5-14(11-15)19-16(22)12-27-13-17(23)21-7-9-26-10-8-21/h4-6,11,20H,7-10,12-13H2,1-3H3,(H,19,22). The van der Waals surface area contributed by atoms with Crippen LogP contribution in [0.1, 0.15) is 20.8 Å². The van der Waals surface area contributed by atoms with Gasteiger partial charge < -0.3 is 15.0 Å². The second-order valence-corrected chi connectivity index (χ2v) is 10.1. The molecule has 1 fully saturated rings. The number of nitrogens with zero attached hydrogens (tertiary/aromatic N) is 1. The Labute approximate surface area is 170 Å². The van der Waals surface area contributed by atoms with Crippen LogP contribution in [0.5, 0.6) is 0 Å². The molecule has 1 aliphatic rings. The molecule has 1 heterocycles. The molecule has 0 unspecified atom stereocenters. The Bertz CT molecular complexity index is 800. The average molecular weight is 430 g/mol. The molecular formula is C18H27N3O5S2. The normalized spacial score (nSPS) is 15.3. The van der Waals surface area contributed by atoms with E-state index in [0.29, 0.717) is 32.0 Å². The van der Waals surface area contributed by atoms with Crippen LogP contribution in [-0.4, -0.2) is 68.5 Å². The van der Waals surface area contributed by atoms with Gasteiger partial charge in [-0.3, -0.25) is 9.59 Å². The van der Waals surface area contributed by atoms with Gasteiger partial charge in [0.15, 0.2) is 0 Å². The van der Waals surface area contributed by atoms with E-state index in [9.17, 15) is 18.0 Å². The number of amides is 2. The van der Waals surface area contributed by atoms with Crippen LogP contribution < -0.4 is 10.0 Å². The van der Waals surface area contributed by atoms with Crippen LogP contribution in [0.2, 0.25) is 0 Å². The van der Waals surface area contributed by atoms with Crippen molar-refractivity contribution in [2.24, 2.45) is 0 Å². The van der Waals surface area contributed by atoms with E-state index >= 15 is 0 Å². The highest BCUT2D eigenvalue weighted by Gasteiger charge is 2.22. The summed E-state index contributed by atoms with van der Waals surface area (Å²) in [6, 6.07) is 6.08. The summed E-state index contributed by atoms with van der Waals surface area (Å²) in [6.07, 6.45) is 0. The Morgan fingerprint density at radius 2 is 1.86 bits per heavy atom. The molecule has 0 spiro atoms. The molecular weight excluding hydrogens is 402 g/mol. The maximum Gasteiger partial charge on any atom is 0.241 e. The first kappa shape index (κ1) is 22.7. The lowest BCUT2D eigenvalue weighted by Crippen LogP contribution is -2.41. The van der Waals surface area contributed by atoms with E-state index in [0.717, 1.165) is 0 Å². The summed E-state index contributed by atoms with van der Waals surface area (Å²) in [7, 11) is -3.68. The molecule has 0 saturated carbocycles. The van der Waals surface area contributed by atoms with Crippen molar-refractivity contribution in [3.05, 3.63) is 24.3 Å². The van der Waals surface area contributed by atoms with Gasteiger partial charge >= 0.3 is 0 Å². The predicted octanol–water partition coefficient (Wildman–Crippen LogP) is 1.29. The number of hydrogen-bond acceptors (Lipinski definition) is 6. The van der Waals surface area contributed by atoms with Crippen molar-refractivity contribution < 1.29 is 22.7 Å². The SMILES string of the molecule is CC(C)(C)NS(=O)(=O)c1cccc(NC(=O)CSCC(=O)N2CCOCC2)c1. The summed E-state index contributed by atoms with van der Waals surface area (Å²) in [5.41, 5.74) is -0.219. The maximum atomic E-state index is 12.4. The first-order valence-corrected chi connectivity index (χ1v) is 11.6. The second kappa shape index (κ2) is 9.73. The lowest BCUT2D eigenvalue weighted by Gasteiger charge is -2.26. The smallest absolute Gasteiger partial charge is 0.241 e. The molecule has 0 radical (unpaired) electrons. The highest BCUT2D eigenvalue weighted by Crippen LogP contribution is 2.18. The fourth-order valence-electron chi connectivity index (χ4n) is 2.54. The van der Waals surface area contributed by atoms with Crippen molar-refractivity contribution in [2.75, 3.05) is 43.1 Å². The summed E-state index contributed by atoms with van der Waals surface area (Å²) in [5.74, 6) is 0.0190. The number of hydrogen-bond donors (Lipinski definition) is 2. The zero-order valence-electron chi connectivity index (χ0n) is 16.4. The molecule has 0 atom stereocenters. The Morgan fingerprint density at radius 3 is 2.50 bits per heavy atom. The van der Waals surface area contributed by atoms with Gasteiger partial charge in [0.1, 0.15) is 0 Å². The number of ether oxygens (including phenoxy) is 1. The van der Waals surface area contributed by atoms with Gasteiger partial charge in [0.25, 0.3) is 0 Å². The summed E-state index contributed by atoms with van der Waals surface area (Å²) < 4.78 is 32.6. The van der Waals surface area contributed by atoms with Crippen molar-refractivity contribution in [2.45, 2.75) is 31.2 Å². The minimum Gasteiger partial charge on any atom is -0.378 e. The quantitative estimate of drug-likeness (QED) is 0.677. The Kier molecular flexibility index (Phi) is 7.87. The van der Waals surface area contributed by atoms with E-state index in [1.165, 1.54) is 23.9 Å². The molecule has 2 amide bonds. The van der Waals surface area contributed by atoms with Crippen molar-refractivity contribution in [1.29, 1.82) is 0 Å². The summed E-state index contributed by atoms with van der Waals surface area (Å²) in [5, 5.41) is 2.67. The molecule has 2 N–H and O–H groups in total. The van der Waals surface area contributed by atoms with Crippen LogP contribution in [0.3, 0.4) is 0 Å². The van der Waals surface area contributed by atoms with Gasteiger partial charge in [-0.1, -0.05) is 6.07 Å². The third-order valence-electron chi connectivity index (χ3n) is 3.69. The summed E-state index contributed by atoms with van der Waals surface area (Å²) in [6.45, 7) is 7.51. The van der Waals surface area contributed by atoms with Crippen LogP contribution in [0.15, 0.2) is 29.2 Å². The van der Waals surface area contributed by atoms with Crippen LogP contribution in [-0.2, 0) is 24.3 Å². The average Bonchev–Trinajstić information content (AvgIpc) is 2.60. The number of sulfonamides is 1. The van der Waals surface area contributed by atoms with Crippen LogP contribution >= 0.6 is 11.8 Å². The number of nitrogens with one attached hydrogen (secondary N) is 2. The van der Waals surface area contributed by atoms with Crippen molar-refractivity contribution in [1.82, 2.24) is 9.62 Å². The van der Waals surface area contributed by atoms with Crippen LogP contribution in [0.4, 0.5) is 5.69 Å². The fraction of sp³-hybridized carbons (Fsp3) is 0.556. The monoisotopic (exact) mass is 429 g/mol. The van der Waals surface area contributed by atoms with Gasteiger partial charge in [0, 0.05) is 24.3 Å². The summed E-state index contributed by atoms with van der Waals surface area (Å²) in [4.78, 5) is 26.0. The zero-order chi connectivity index (χ0) is 20.8. The van der Waals surface area contributed by atoms with E-state index < -0.39 is 15.6 Å². The van der Waals surface area contributed by atoms with E-state index in [4.69, 9.17) is 4.74 Å². The van der Waals surface area contributed by atoms with E-state index in [1.54, 1.807) is 37.8 Å². The molecule has 1 aliphatic heterocycles. The highest BCUT2D eigenvalue weighted by atomic mass is 32.2. The molecule has 0 bridgehead atoms. The fourth-order valence-corrected chi connectivity index (χ4v) is 4.72. The topological polar surface area (TPSA) is 105 Å². The molecule has 1 saturated heterocycles. The molecule has 0 aliphatic carbocycles. The van der Waals surface area contributed by atoms with Crippen molar-refractivity contribution in [3.63, 3.8) is 0 Å². The molecule has 1 aromatic rings. The Hall–Kier alpha value is -1.62. The maximum absolute atomic E-state index is 12.4. The van der Waals surface area contributed by atoms with Gasteiger partial charge in [0.05, 0.1) is 29.6 Å². The largest absolute Gasteiger partial charge is 0.378 e. The molecule has 156 valence electrons. The Balaban J connectivity index is 1.86. The third-order valence-corrected chi connectivity index (χ3v) is 6.36. The lowest BCUT2D eigenvalue weighted by molar-refractivity contribution is -0.132. The van der Waals surface area contributed by atoms with Gasteiger partial charge in [-0.25, -0.2) is 13.1 Å². The van der Waals surface area contributed by atoms with E-state index in [1.807, 2.05) is 0 Å². The molecule has 1 aromatic carbocycles. The molecule has 28 heavy (non-hydrogen) atoms. The number of rotatable bonds is 7. The third kappa shape index (κ3) is 7.42. The number of morpholine rings is 1. The first-order valence-electron chi connectivity index (χ1n) is 8.94. The Morgan fingerprint density at radius 1 is 1.18 bits per heavy atom. The number of benzene rings is 1. The first-order chi connectivity index (χ1) is 13.1. The predicted molar refractivity (Wildman–Crippen MR) is 110 cm³/mol. The van der Waals surface area contributed by atoms with Gasteiger partial charge in [-0.2, -0.15) is 0 Å². The summed E-state index contributed by atoms with van der Waals surface area (Å²) >= 11 is 1.23. The van der Waals surface area contributed by atoms with E-state index in [2.05, 4.69) is 10.0 Å². The van der Waals surface area contributed by atoms with Crippen molar-refractivity contribution in [3.8, 4) is 0 Å². The van der Waals surface area contributed by atoms with Crippen LogP contribution in [0.25, 0.3) is 0 Å². The van der Waals surface area contributed by atoms with Crippen molar-refractivity contribution >= 4 is 39.3 Å². The van der Waals surface area contributed by atoms with Gasteiger partial charge in [0.2, 0.25) is 21.8 Å². The minimum absolute atomic E-state index is 0.0116. The number of carbonyl (C=O) groups is 2. The molecule has 2 rings (SSSR count). The lowest BCUT2D eigenvalue weighted by atomic mass is 10.1. The minimum atomic E-state index is -3.68.